The number of amides is 1. The molecular weight excluding hydrogens is 576 g/mol. The van der Waals surface area contributed by atoms with Gasteiger partial charge in [0.25, 0.3) is 0 Å². The fourth-order valence-corrected chi connectivity index (χ4v) is 10.2. The first-order valence-corrected chi connectivity index (χ1v) is 18.3. The summed E-state index contributed by atoms with van der Waals surface area (Å²) < 4.78 is 5.98. The zero-order chi connectivity index (χ0) is 33.5. The first-order chi connectivity index (χ1) is 21.8. The van der Waals surface area contributed by atoms with Crippen LogP contribution in [0.25, 0.3) is 0 Å². The minimum atomic E-state index is -0.343. The van der Waals surface area contributed by atoms with Crippen LogP contribution in [-0.4, -0.2) is 68.3 Å². The van der Waals surface area contributed by atoms with Crippen molar-refractivity contribution in [2.45, 2.75) is 111 Å². The van der Waals surface area contributed by atoms with Crippen LogP contribution in [0, 0.1) is 46.3 Å². The average Bonchev–Trinajstić information content (AvgIpc) is 3.34. The van der Waals surface area contributed by atoms with Gasteiger partial charge in [-0.25, -0.2) is 4.79 Å². The Bertz CT molecular complexity index is 1080. The second kappa shape index (κ2) is 16.1. The smallest absolute Gasteiger partial charge is 0.407 e. The van der Waals surface area contributed by atoms with Crippen LogP contribution in [0.3, 0.4) is 0 Å². The van der Waals surface area contributed by atoms with E-state index in [0.717, 1.165) is 54.8 Å². The highest BCUT2D eigenvalue weighted by atomic mass is 16.6. The molecule has 9 N–H and O–H groups in total. The summed E-state index contributed by atoms with van der Waals surface area (Å²) in [7, 11) is 0. The third-order valence-corrected chi connectivity index (χ3v) is 12.7. The van der Waals surface area contributed by atoms with Crippen molar-refractivity contribution in [2.24, 2.45) is 79.3 Å². The van der Waals surface area contributed by atoms with E-state index >= 15 is 0 Å². The molecular formula is C36H66N8O2. The molecule has 0 heterocycles. The van der Waals surface area contributed by atoms with Crippen LogP contribution in [0.2, 0.25) is 0 Å². The number of carbonyl (C=O) groups excluding carboxylic acids is 1. The van der Waals surface area contributed by atoms with Crippen molar-refractivity contribution in [1.82, 2.24) is 10.2 Å². The molecule has 0 aromatic carbocycles. The number of fused-ring (bicyclic) bond motifs is 5. The Labute approximate surface area is 279 Å². The highest BCUT2D eigenvalue weighted by molar-refractivity contribution is 5.76. The summed E-state index contributed by atoms with van der Waals surface area (Å²) in [4.78, 5) is 23.1. The molecule has 46 heavy (non-hydrogen) atoms. The van der Waals surface area contributed by atoms with E-state index in [1.807, 2.05) is 0 Å². The van der Waals surface area contributed by atoms with Gasteiger partial charge in [-0.05, 0) is 91.3 Å². The highest BCUT2D eigenvalue weighted by Crippen LogP contribution is 2.67. The van der Waals surface area contributed by atoms with Crippen molar-refractivity contribution in [2.75, 3.05) is 39.3 Å². The lowest BCUT2D eigenvalue weighted by molar-refractivity contribution is -0.0581. The number of ether oxygens (including phenoxy) is 1. The van der Waals surface area contributed by atoms with Crippen molar-refractivity contribution < 1.29 is 9.53 Å². The van der Waals surface area contributed by atoms with Crippen LogP contribution in [0.4, 0.5) is 4.79 Å². The van der Waals surface area contributed by atoms with E-state index in [9.17, 15) is 4.79 Å². The van der Waals surface area contributed by atoms with Gasteiger partial charge in [-0.1, -0.05) is 65.5 Å². The van der Waals surface area contributed by atoms with Gasteiger partial charge in [-0.3, -0.25) is 14.9 Å². The predicted molar refractivity (Wildman–Crippen MR) is 189 cm³/mol. The number of hydrogen-bond donors (Lipinski definition) is 5. The number of hydrogen-bond acceptors (Lipinski definition) is 5. The van der Waals surface area contributed by atoms with Gasteiger partial charge in [0.2, 0.25) is 0 Å². The molecule has 1 amide bonds. The Morgan fingerprint density at radius 2 is 1.65 bits per heavy atom. The molecule has 0 saturated heterocycles. The molecule has 3 fully saturated rings. The number of carbonyl (C=O) groups is 1. The minimum absolute atomic E-state index is 0.0599. The van der Waals surface area contributed by atoms with E-state index in [0.29, 0.717) is 44.7 Å². The molecule has 4 aliphatic rings. The molecule has 10 heteroatoms. The van der Waals surface area contributed by atoms with Gasteiger partial charge in [0.15, 0.2) is 11.9 Å². The quantitative estimate of drug-likeness (QED) is 0.0953. The number of nitrogens with zero attached hydrogens (tertiary/aromatic N) is 3. The molecule has 8 atom stereocenters. The van der Waals surface area contributed by atoms with Gasteiger partial charge in [-0.2, -0.15) is 0 Å². The van der Waals surface area contributed by atoms with E-state index in [1.165, 1.54) is 51.4 Å². The zero-order valence-electron chi connectivity index (χ0n) is 29.6. The summed E-state index contributed by atoms with van der Waals surface area (Å²) in [6.07, 6.45) is 16.0. The summed E-state index contributed by atoms with van der Waals surface area (Å²) in [5.74, 6) is 5.09. The molecule has 0 aromatic heterocycles. The molecule has 262 valence electrons. The Morgan fingerprint density at radius 3 is 2.30 bits per heavy atom. The summed E-state index contributed by atoms with van der Waals surface area (Å²) in [5, 5.41) is 2.95. The maximum atomic E-state index is 12.8. The predicted octanol–water partition coefficient (Wildman–Crippen LogP) is 4.97. The lowest BCUT2D eigenvalue weighted by atomic mass is 9.47. The van der Waals surface area contributed by atoms with Crippen molar-refractivity contribution in [3.8, 4) is 0 Å². The number of guanidine groups is 2. The maximum Gasteiger partial charge on any atom is 0.407 e. The van der Waals surface area contributed by atoms with Crippen molar-refractivity contribution in [3.05, 3.63) is 11.6 Å². The molecule has 0 unspecified atom stereocenters. The molecule has 0 bridgehead atoms. The van der Waals surface area contributed by atoms with Crippen molar-refractivity contribution in [1.29, 1.82) is 0 Å². The summed E-state index contributed by atoms with van der Waals surface area (Å²) >= 11 is 0. The van der Waals surface area contributed by atoms with Gasteiger partial charge in [0.1, 0.15) is 6.10 Å². The van der Waals surface area contributed by atoms with E-state index in [1.54, 1.807) is 5.57 Å². The number of allylic oxidation sites excluding steroid dienone is 1. The van der Waals surface area contributed by atoms with Crippen LogP contribution in [0.15, 0.2) is 21.6 Å². The van der Waals surface area contributed by atoms with Crippen LogP contribution in [-0.2, 0) is 4.74 Å². The number of aliphatic imine (C=N–C) groups is 2. The SMILES string of the molecule is CC(C)CCC[C@@H](C)[C@H]1CC[C@H]2[C@@H]3CC=C4C[C@@H](OC(=O)NCCN(CCN=C(N)N)CCN=C(N)N)CC[C@]4(C)[C@H]3CC[C@]12C. The first-order valence-electron chi connectivity index (χ1n) is 18.3. The van der Waals surface area contributed by atoms with Crippen LogP contribution in [0.1, 0.15) is 105 Å². The first kappa shape index (κ1) is 36.3. The topological polar surface area (TPSA) is 170 Å². The highest BCUT2D eigenvalue weighted by Gasteiger charge is 2.59. The van der Waals surface area contributed by atoms with Gasteiger partial charge in [-0.15, -0.1) is 0 Å². The second-order valence-corrected chi connectivity index (χ2v) is 15.9. The molecule has 3 saturated carbocycles. The van der Waals surface area contributed by atoms with Crippen molar-refractivity contribution >= 4 is 18.0 Å². The third-order valence-electron chi connectivity index (χ3n) is 12.7. The van der Waals surface area contributed by atoms with Gasteiger partial charge in [0.05, 0.1) is 13.1 Å². The van der Waals surface area contributed by atoms with Gasteiger partial charge >= 0.3 is 6.09 Å². The van der Waals surface area contributed by atoms with Crippen LogP contribution >= 0.6 is 0 Å². The molecule has 0 aromatic rings. The van der Waals surface area contributed by atoms with E-state index in [4.69, 9.17) is 27.7 Å². The Kier molecular flexibility index (Phi) is 12.7. The molecule has 10 nitrogen and oxygen atoms in total. The third kappa shape index (κ3) is 8.90. The Morgan fingerprint density at radius 1 is 0.957 bits per heavy atom. The fourth-order valence-electron chi connectivity index (χ4n) is 10.2. The lowest BCUT2D eigenvalue weighted by Crippen LogP contribution is -2.51. The maximum absolute atomic E-state index is 12.8. The number of alkyl carbamates (subject to hydrolysis) is 1. The fraction of sp³-hybridized carbons (Fsp3) is 0.861. The minimum Gasteiger partial charge on any atom is -0.446 e. The second-order valence-electron chi connectivity index (χ2n) is 15.9. The molecule has 4 rings (SSSR count). The largest absolute Gasteiger partial charge is 0.446 e. The van der Waals surface area contributed by atoms with Crippen LogP contribution in [0.5, 0.6) is 0 Å². The molecule has 0 radical (unpaired) electrons. The monoisotopic (exact) mass is 643 g/mol. The normalized spacial score (nSPS) is 32.5. The van der Waals surface area contributed by atoms with Gasteiger partial charge in [0, 0.05) is 32.6 Å². The lowest BCUT2D eigenvalue weighted by Gasteiger charge is -2.58. The van der Waals surface area contributed by atoms with Crippen LogP contribution < -0.4 is 28.3 Å². The number of nitrogens with two attached hydrogens (primary N) is 4. The molecule has 4 aliphatic carbocycles. The number of rotatable bonds is 15. The average molecular weight is 643 g/mol. The Balaban J connectivity index is 1.28. The van der Waals surface area contributed by atoms with E-state index in [2.05, 4.69) is 60.9 Å². The molecule has 0 aliphatic heterocycles. The summed E-state index contributed by atoms with van der Waals surface area (Å²) in [6, 6.07) is 0. The summed E-state index contributed by atoms with van der Waals surface area (Å²) in [6.45, 7) is 15.7. The van der Waals surface area contributed by atoms with E-state index < -0.39 is 0 Å². The molecule has 0 spiro atoms. The number of nitrogens with one attached hydrogen (secondary N) is 1. The standard InChI is InChI=1S/C36H66N8O2/c1-24(2)7-6-8-25(3)29-11-12-30-28-10-9-26-23-27(13-15-35(26,4)31(28)14-16-36(29,30)5)46-34(45)43-19-22-44(20-17-41-32(37)38)21-18-42-33(39)40/h9,24-25,27-31H,6-8,10-23H2,1-5H3,(H,43,45)(H4,37,38,41)(H4,39,40,42)/t25-,27+,28+,29-,30+,31+,35+,36-/m1/s1. The van der Waals surface area contributed by atoms with E-state index in [-0.39, 0.29) is 29.5 Å². The Hall–Kier alpha value is -2.49. The van der Waals surface area contributed by atoms with Gasteiger partial charge < -0.3 is 33.0 Å². The summed E-state index contributed by atoms with van der Waals surface area (Å²) in [5.41, 5.74) is 24.2. The van der Waals surface area contributed by atoms with Crippen molar-refractivity contribution in [3.63, 3.8) is 0 Å². The zero-order valence-corrected chi connectivity index (χ0v) is 29.6.